The molecule has 3 nitrogen and oxygen atoms in total. The van der Waals surface area contributed by atoms with E-state index in [4.69, 9.17) is 0 Å². The maximum absolute atomic E-state index is 11.2. The first-order valence-electron chi connectivity index (χ1n) is 6.82. The molecule has 17 heavy (non-hydrogen) atoms. The van der Waals surface area contributed by atoms with Gasteiger partial charge in [0.15, 0.2) is 0 Å². The number of likely N-dealkylation sites (tertiary alicyclic amines) is 1. The Bertz CT molecular complexity index is 244. The fourth-order valence-electron chi connectivity index (χ4n) is 3.04. The van der Waals surface area contributed by atoms with Gasteiger partial charge in [0.05, 0.1) is 0 Å². The molecule has 1 aliphatic rings. The van der Waals surface area contributed by atoms with Crippen LogP contribution in [0.25, 0.3) is 0 Å². The zero-order chi connectivity index (χ0) is 12.9. The average Bonchev–Trinajstić information content (AvgIpc) is 2.64. The molecule has 1 rings (SSSR count). The molecule has 0 radical (unpaired) electrons. The van der Waals surface area contributed by atoms with Gasteiger partial charge in [0.2, 0.25) is 0 Å². The van der Waals surface area contributed by atoms with E-state index in [1.165, 1.54) is 19.5 Å². The topological polar surface area (TPSA) is 23.6 Å². The Labute approximate surface area is 106 Å². The van der Waals surface area contributed by atoms with Crippen LogP contribution in [-0.4, -0.2) is 56.4 Å². The number of carbonyl (C=O) groups is 1. The first kappa shape index (κ1) is 14.7. The van der Waals surface area contributed by atoms with E-state index >= 15 is 0 Å². The second-order valence-electron chi connectivity index (χ2n) is 6.14. The van der Waals surface area contributed by atoms with E-state index in [1.54, 1.807) is 0 Å². The van der Waals surface area contributed by atoms with Gasteiger partial charge in [-0.05, 0) is 39.4 Å². The molecule has 0 spiro atoms. The van der Waals surface area contributed by atoms with Gasteiger partial charge in [0.25, 0.3) is 0 Å². The lowest BCUT2D eigenvalue weighted by Crippen LogP contribution is -2.37. The van der Waals surface area contributed by atoms with Crippen molar-refractivity contribution in [1.82, 2.24) is 9.80 Å². The molecule has 0 bridgehead atoms. The smallest absolute Gasteiger partial charge is 0.127 e. The summed E-state index contributed by atoms with van der Waals surface area (Å²) in [7, 11) is 4.34. The molecule has 0 aliphatic carbocycles. The Morgan fingerprint density at radius 1 is 1.53 bits per heavy atom. The van der Waals surface area contributed by atoms with Gasteiger partial charge in [-0.15, -0.1) is 0 Å². The molecule has 0 aromatic heterocycles. The van der Waals surface area contributed by atoms with Gasteiger partial charge in [-0.1, -0.05) is 20.3 Å². The fraction of sp³-hybridized carbons (Fsp3) is 0.929. The maximum atomic E-state index is 11.2. The third-order valence-corrected chi connectivity index (χ3v) is 3.80. The summed E-state index contributed by atoms with van der Waals surface area (Å²) in [6, 6.07) is 0. The Morgan fingerprint density at radius 2 is 2.24 bits per heavy atom. The summed E-state index contributed by atoms with van der Waals surface area (Å²) in [5.74, 6) is 0.780. The molecular formula is C14H28N2O. The summed E-state index contributed by atoms with van der Waals surface area (Å²) >= 11 is 0. The largest absolute Gasteiger partial charge is 0.306 e. The lowest BCUT2D eigenvalue weighted by molar-refractivity contribution is -0.116. The Morgan fingerprint density at radius 3 is 2.71 bits per heavy atom. The molecule has 0 aromatic rings. The SMILES string of the molecule is CCCC(C)(C=O)CN(C)CC1CCN(C)C1. The zero-order valence-corrected chi connectivity index (χ0v) is 11.9. The van der Waals surface area contributed by atoms with Crippen molar-refractivity contribution in [3.63, 3.8) is 0 Å². The van der Waals surface area contributed by atoms with Crippen molar-refractivity contribution < 1.29 is 4.79 Å². The average molecular weight is 240 g/mol. The number of carbonyl (C=O) groups excluding carboxylic acids is 1. The fourth-order valence-corrected chi connectivity index (χ4v) is 3.04. The molecule has 2 atom stereocenters. The number of hydrogen-bond acceptors (Lipinski definition) is 3. The van der Waals surface area contributed by atoms with Gasteiger partial charge >= 0.3 is 0 Å². The standard InChI is InChI=1S/C14H28N2O/c1-5-7-14(2,12-17)11-16(4)10-13-6-8-15(3)9-13/h12-13H,5-11H2,1-4H3. The van der Waals surface area contributed by atoms with E-state index < -0.39 is 0 Å². The number of hydrogen-bond donors (Lipinski definition) is 0. The minimum atomic E-state index is -0.159. The number of aldehydes is 1. The predicted octanol–water partition coefficient (Wildman–Crippen LogP) is 1.88. The van der Waals surface area contributed by atoms with Crippen LogP contribution in [0.1, 0.15) is 33.1 Å². The van der Waals surface area contributed by atoms with Crippen molar-refractivity contribution >= 4 is 6.29 Å². The Balaban J connectivity index is 2.37. The molecule has 3 heteroatoms. The van der Waals surface area contributed by atoms with E-state index in [2.05, 4.69) is 37.7 Å². The molecule has 1 aliphatic heterocycles. The third kappa shape index (κ3) is 4.76. The predicted molar refractivity (Wildman–Crippen MR) is 72.2 cm³/mol. The molecular weight excluding hydrogens is 212 g/mol. The lowest BCUT2D eigenvalue weighted by Gasteiger charge is -2.30. The van der Waals surface area contributed by atoms with Crippen LogP contribution in [-0.2, 0) is 4.79 Å². The van der Waals surface area contributed by atoms with Gasteiger partial charge in [-0.25, -0.2) is 0 Å². The lowest BCUT2D eigenvalue weighted by atomic mass is 9.86. The molecule has 1 heterocycles. The first-order chi connectivity index (χ1) is 7.99. The van der Waals surface area contributed by atoms with Crippen LogP contribution in [0.3, 0.4) is 0 Å². The van der Waals surface area contributed by atoms with Crippen LogP contribution >= 0.6 is 0 Å². The zero-order valence-electron chi connectivity index (χ0n) is 11.9. The molecule has 0 aromatic carbocycles. The van der Waals surface area contributed by atoms with Crippen molar-refractivity contribution in [2.24, 2.45) is 11.3 Å². The van der Waals surface area contributed by atoms with Crippen LogP contribution in [0.2, 0.25) is 0 Å². The van der Waals surface area contributed by atoms with Gasteiger partial charge in [-0.3, -0.25) is 0 Å². The van der Waals surface area contributed by atoms with E-state index in [9.17, 15) is 4.79 Å². The molecule has 1 saturated heterocycles. The van der Waals surface area contributed by atoms with Gasteiger partial charge < -0.3 is 14.6 Å². The highest BCUT2D eigenvalue weighted by molar-refractivity contribution is 5.58. The summed E-state index contributed by atoms with van der Waals surface area (Å²) in [6.07, 6.45) is 4.51. The van der Waals surface area contributed by atoms with E-state index in [-0.39, 0.29) is 5.41 Å². The van der Waals surface area contributed by atoms with Crippen molar-refractivity contribution in [2.75, 3.05) is 40.3 Å². The Kier molecular flexibility index (Phi) is 5.60. The minimum absolute atomic E-state index is 0.159. The summed E-state index contributed by atoms with van der Waals surface area (Å²) in [5, 5.41) is 0. The molecule has 0 N–H and O–H groups in total. The van der Waals surface area contributed by atoms with Gasteiger partial charge in [-0.2, -0.15) is 0 Å². The van der Waals surface area contributed by atoms with Crippen LogP contribution in [0.5, 0.6) is 0 Å². The summed E-state index contributed by atoms with van der Waals surface area (Å²) in [4.78, 5) is 15.9. The highest BCUT2D eigenvalue weighted by Gasteiger charge is 2.27. The molecule has 100 valence electrons. The highest BCUT2D eigenvalue weighted by Crippen LogP contribution is 2.23. The van der Waals surface area contributed by atoms with Crippen LogP contribution in [0.4, 0.5) is 0 Å². The van der Waals surface area contributed by atoms with Crippen molar-refractivity contribution in [3.8, 4) is 0 Å². The summed E-state index contributed by atoms with van der Waals surface area (Å²) < 4.78 is 0. The second-order valence-corrected chi connectivity index (χ2v) is 6.14. The maximum Gasteiger partial charge on any atom is 0.127 e. The molecule has 0 saturated carbocycles. The van der Waals surface area contributed by atoms with Crippen LogP contribution in [0.15, 0.2) is 0 Å². The number of rotatable bonds is 7. The van der Waals surface area contributed by atoms with Gasteiger partial charge in [0, 0.05) is 25.0 Å². The molecule has 0 amide bonds. The molecule has 2 unspecified atom stereocenters. The third-order valence-electron chi connectivity index (χ3n) is 3.80. The van der Waals surface area contributed by atoms with E-state index in [0.717, 1.165) is 38.1 Å². The van der Waals surface area contributed by atoms with E-state index in [1.807, 2.05) is 0 Å². The van der Waals surface area contributed by atoms with Crippen molar-refractivity contribution in [2.45, 2.75) is 33.1 Å². The quantitative estimate of drug-likeness (QED) is 0.635. The summed E-state index contributed by atoms with van der Waals surface area (Å²) in [6.45, 7) is 8.67. The second kappa shape index (κ2) is 6.50. The summed E-state index contributed by atoms with van der Waals surface area (Å²) in [5.41, 5.74) is -0.159. The Hall–Kier alpha value is -0.410. The van der Waals surface area contributed by atoms with Crippen molar-refractivity contribution in [1.29, 1.82) is 0 Å². The minimum Gasteiger partial charge on any atom is -0.306 e. The normalized spacial score (nSPS) is 25.1. The van der Waals surface area contributed by atoms with Crippen LogP contribution < -0.4 is 0 Å². The van der Waals surface area contributed by atoms with Crippen molar-refractivity contribution in [3.05, 3.63) is 0 Å². The van der Waals surface area contributed by atoms with Crippen LogP contribution in [0, 0.1) is 11.3 Å². The van der Waals surface area contributed by atoms with Gasteiger partial charge in [0.1, 0.15) is 6.29 Å². The first-order valence-corrected chi connectivity index (χ1v) is 6.82. The van der Waals surface area contributed by atoms with E-state index in [0.29, 0.717) is 0 Å². The highest BCUT2D eigenvalue weighted by atomic mass is 16.1. The monoisotopic (exact) mass is 240 g/mol. The number of nitrogens with zero attached hydrogens (tertiary/aromatic N) is 2. The molecule has 1 fully saturated rings.